The third-order valence-electron chi connectivity index (χ3n) is 3.40. The molecule has 0 unspecified atom stereocenters. The summed E-state index contributed by atoms with van der Waals surface area (Å²) in [7, 11) is 0. The zero-order chi connectivity index (χ0) is 13.1. The number of nitrogens with zero attached hydrogens (tertiary/aromatic N) is 1. The fraction of sp³-hybridized carbons (Fsp3) is 0.400. The maximum absolute atomic E-state index is 9.46. The van der Waals surface area contributed by atoms with E-state index in [1.165, 1.54) is 0 Å². The van der Waals surface area contributed by atoms with Crippen LogP contribution >= 0.6 is 0 Å². The van der Waals surface area contributed by atoms with Gasteiger partial charge < -0.3 is 14.6 Å². The van der Waals surface area contributed by atoms with Crippen molar-refractivity contribution < 1.29 is 14.6 Å². The molecule has 1 fully saturated rings. The molecule has 1 aliphatic rings. The van der Waals surface area contributed by atoms with Crippen LogP contribution < -0.4 is 4.74 Å². The minimum absolute atomic E-state index is 0.00677. The van der Waals surface area contributed by atoms with Crippen LogP contribution in [0.25, 0.3) is 10.9 Å². The monoisotopic (exact) mass is 259 g/mol. The minimum Gasteiger partial charge on any atom is -0.474 e. The topological polar surface area (TPSA) is 51.6 Å². The number of ether oxygens (including phenoxy) is 2. The average Bonchev–Trinajstić information content (AvgIpc) is 2.47. The molecule has 1 saturated heterocycles. The molecule has 1 aliphatic heterocycles. The highest BCUT2D eigenvalue weighted by Crippen LogP contribution is 2.24. The number of para-hydroxylation sites is 1. The van der Waals surface area contributed by atoms with Gasteiger partial charge in [-0.25, -0.2) is 4.98 Å². The van der Waals surface area contributed by atoms with E-state index in [1.807, 2.05) is 30.3 Å². The third kappa shape index (κ3) is 2.69. The van der Waals surface area contributed by atoms with E-state index in [4.69, 9.17) is 9.47 Å². The Morgan fingerprint density at radius 1 is 1.26 bits per heavy atom. The van der Waals surface area contributed by atoms with Gasteiger partial charge in [-0.2, -0.15) is 0 Å². The highest BCUT2D eigenvalue weighted by molar-refractivity contribution is 5.82. The summed E-state index contributed by atoms with van der Waals surface area (Å²) in [5.41, 5.74) is 1.71. The normalized spacial score (nSPS) is 16.7. The Morgan fingerprint density at radius 2 is 2.05 bits per heavy atom. The van der Waals surface area contributed by atoms with Gasteiger partial charge in [-0.3, -0.25) is 0 Å². The van der Waals surface area contributed by atoms with Crippen LogP contribution in [0.15, 0.2) is 30.3 Å². The van der Waals surface area contributed by atoms with Crippen molar-refractivity contribution in [3.8, 4) is 5.88 Å². The second-order valence-corrected chi connectivity index (χ2v) is 4.72. The summed E-state index contributed by atoms with van der Waals surface area (Å²) in [6, 6.07) is 9.62. The van der Waals surface area contributed by atoms with Gasteiger partial charge in [-0.05, 0) is 11.6 Å². The molecule has 1 N–H and O–H groups in total. The van der Waals surface area contributed by atoms with Crippen molar-refractivity contribution in [3.05, 3.63) is 35.9 Å². The summed E-state index contributed by atoms with van der Waals surface area (Å²) in [5, 5.41) is 10.4. The number of aliphatic hydroxyl groups excluding tert-OH is 1. The van der Waals surface area contributed by atoms with Gasteiger partial charge in [0.05, 0.1) is 25.3 Å². The molecular weight excluding hydrogens is 242 g/mol. The van der Waals surface area contributed by atoms with Crippen LogP contribution in [-0.2, 0) is 11.3 Å². The Bertz CT molecular complexity index is 564. The summed E-state index contributed by atoms with van der Waals surface area (Å²) in [6.07, 6.45) is 1.94. The first-order chi connectivity index (χ1) is 9.36. The Balaban J connectivity index is 1.90. The molecule has 3 rings (SSSR count). The first-order valence-electron chi connectivity index (χ1n) is 6.61. The Hall–Kier alpha value is -1.65. The summed E-state index contributed by atoms with van der Waals surface area (Å²) in [4.78, 5) is 4.50. The molecule has 0 bridgehead atoms. The van der Waals surface area contributed by atoms with Gasteiger partial charge in [-0.15, -0.1) is 0 Å². The van der Waals surface area contributed by atoms with Gasteiger partial charge >= 0.3 is 0 Å². The van der Waals surface area contributed by atoms with Gasteiger partial charge in [0.25, 0.3) is 0 Å². The lowest BCUT2D eigenvalue weighted by molar-refractivity contribution is 0.0238. The fourth-order valence-electron chi connectivity index (χ4n) is 2.38. The van der Waals surface area contributed by atoms with E-state index in [0.717, 1.165) is 42.5 Å². The molecule has 4 nitrogen and oxygen atoms in total. The van der Waals surface area contributed by atoms with Crippen LogP contribution in [0.2, 0.25) is 0 Å². The highest BCUT2D eigenvalue weighted by Gasteiger charge is 2.16. The quantitative estimate of drug-likeness (QED) is 0.918. The van der Waals surface area contributed by atoms with Gasteiger partial charge in [0, 0.05) is 24.3 Å². The maximum Gasteiger partial charge on any atom is 0.214 e. The third-order valence-corrected chi connectivity index (χ3v) is 3.40. The molecule has 19 heavy (non-hydrogen) atoms. The van der Waals surface area contributed by atoms with Crippen molar-refractivity contribution in [1.82, 2.24) is 4.98 Å². The number of aromatic nitrogens is 1. The predicted molar refractivity (Wildman–Crippen MR) is 72.1 cm³/mol. The molecule has 0 spiro atoms. The number of benzene rings is 1. The number of fused-ring (bicyclic) bond motifs is 1. The van der Waals surface area contributed by atoms with E-state index in [2.05, 4.69) is 4.98 Å². The summed E-state index contributed by atoms with van der Waals surface area (Å²) in [5.74, 6) is 0.592. The van der Waals surface area contributed by atoms with Crippen molar-refractivity contribution in [2.45, 2.75) is 25.6 Å². The fourth-order valence-corrected chi connectivity index (χ4v) is 2.38. The molecule has 0 radical (unpaired) electrons. The molecule has 0 aliphatic carbocycles. The van der Waals surface area contributed by atoms with E-state index in [0.29, 0.717) is 5.88 Å². The van der Waals surface area contributed by atoms with Gasteiger partial charge in [0.2, 0.25) is 5.88 Å². The lowest BCUT2D eigenvalue weighted by Gasteiger charge is -2.23. The molecule has 1 aromatic heterocycles. The average molecular weight is 259 g/mol. The Kier molecular flexibility index (Phi) is 3.62. The second-order valence-electron chi connectivity index (χ2n) is 4.72. The summed E-state index contributed by atoms with van der Waals surface area (Å²) >= 11 is 0. The van der Waals surface area contributed by atoms with E-state index < -0.39 is 0 Å². The van der Waals surface area contributed by atoms with E-state index in [1.54, 1.807) is 0 Å². The van der Waals surface area contributed by atoms with Gasteiger partial charge in [0.15, 0.2) is 0 Å². The standard InChI is InChI=1S/C15H17NO3/c17-10-11-9-15(19-12-5-7-18-8-6-12)16-14-4-2-1-3-13(11)14/h1-4,9,12,17H,5-8,10H2. The van der Waals surface area contributed by atoms with E-state index in [-0.39, 0.29) is 12.7 Å². The van der Waals surface area contributed by atoms with Crippen LogP contribution in [0.3, 0.4) is 0 Å². The van der Waals surface area contributed by atoms with Gasteiger partial charge in [0.1, 0.15) is 6.10 Å². The predicted octanol–water partition coefficient (Wildman–Crippen LogP) is 2.28. The molecular formula is C15H17NO3. The van der Waals surface area contributed by atoms with Crippen LogP contribution in [-0.4, -0.2) is 29.4 Å². The number of rotatable bonds is 3. The van der Waals surface area contributed by atoms with E-state index in [9.17, 15) is 5.11 Å². The SMILES string of the molecule is OCc1cc(OC2CCOCC2)nc2ccccc12. The first-order valence-corrected chi connectivity index (χ1v) is 6.61. The smallest absolute Gasteiger partial charge is 0.214 e. The molecule has 2 heterocycles. The number of hydrogen-bond donors (Lipinski definition) is 1. The first kappa shape index (κ1) is 12.4. The van der Waals surface area contributed by atoms with Crippen molar-refractivity contribution in [2.75, 3.05) is 13.2 Å². The zero-order valence-corrected chi connectivity index (χ0v) is 10.7. The summed E-state index contributed by atoms with van der Waals surface area (Å²) in [6.45, 7) is 1.48. The lowest BCUT2D eigenvalue weighted by Crippen LogP contribution is -2.26. The van der Waals surface area contributed by atoms with Crippen molar-refractivity contribution in [2.24, 2.45) is 0 Å². The van der Waals surface area contributed by atoms with Crippen molar-refractivity contribution in [3.63, 3.8) is 0 Å². The molecule has 1 aromatic carbocycles. The van der Waals surface area contributed by atoms with Crippen LogP contribution in [0.5, 0.6) is 5.88 Å². The minimum atomic E-state index is -0.00677. The van der Waals surface area contributed by atoms with Crippen LogP contribution in [0.1, 0.15) is 18.4 Å². The lowest BCUT2D eigenvalue weighted by atomic mass is 10.1. The Morgan fingerprint density at radius 3 is 2.84 bits per heavy atom. The van der Waals surface area contributed by atoms with Crippen molar-refractivity contribution >= 4 is 10.9 Å². The number of aliphatic hydroxyl groups is 1. The molecule has 2 aromatic rings. The maximum atomic E-state index is 9.46. The highest BCUT2D eigenvalue weighted by atomic mass is 16.5. The van der Waals surface area contributed by atoms with E-state index >= 15 is 0 Å². The zero-order valence-electron chi connectivity index (χ0n) is 10.7. The van der Waals surface area contributed by atoms with Crippen molar-refractivity contribution in [1.29, 1.82) is 0 Å². The van der Waals surface area contributed by atoms with Crippen LogP contribution in [0.4, 0.5) is 0 Å². The molecule has 4 heteroatoms. The molecule has 0 atom stereocenters. The van der Waals surface area contributed by atoms with Gasteiger partial charge in [-0.1, -0.05) is 18.2 Å². The number of hydrogen-bond acceptors (Lipinski definition) is 4. The molecule has 0 saturated carbocycles. The summed E-state index contributed by atoms with van der Waals surface area (Å²) < 4.78 is 11.2. The Labute approximate surface area is 112 Å². The largest absolute Gasteiger partial charge is 0.474 e. The number of pyridine rings is 1. The molecule has 0 amide bonds. The van der Waals surface area contributed by atoms with Crippen LogP contribution in [0, 0.1) is 0 Å². The second kappa shape index (κ2) is 5.55. The molecule has 100 valence electrons.